The monoisotopic (exact) mass is 284 g/mol. The van der Waals surface area contributed by atoms with E-state index in [-0.39, 0.29) is 0 Å². The van der Waals surface area contributed by atoms with Crippen LogP contribution in [0.2, 0.25) is 0 Å². The van der Waals surface area contributed by atoms with E-state index in [0.29, 0.717) is 12.1 Å². The average molecular weight is 284 g/mol. The maximum absolute atomic E-state index is 12.6. The number of benzene rings is 1. The molecule has 1 aliphatic heterocycles. The van der Waals surface area contributed by atoms with Crippen LogP contribution < -0.4 is 5.73 Å². The normalized spacial score (nSPS) is 21.2. The number of halogens is 2. The number of alkyl halides is 2. The highest BCUT2D eigenvalue weighted by Crippen LogP contribution is 2.23. The minimum atomic E-state index is -0.700. The summed E-state index contributed by atoms with van der Waals surface area (Å²) in [6, 6.07) is 6.58. The SMILES string of the molecule is COC(c1ccc(C2=NOC(CF)C2)cc1)C(N)CF. The lowest BCUT2D eigenvalue weighted by Crippen LogP contribution is -2.31. The highest BCUT2D eigenvalue weighted by molar-refractivity contribution is 6.01. The Morgan fingerprint density at radius 1 is 1.40 bits per heavy atom. The number of ether oxygens (including phenoxy) is 1. The summed E-state index contributed by atoms with van der Waals surface area (Å²) in [6.07, 6.45) is -0.529. The van der Waals surface area contributed by atoms with Crippen LogP contribution in [0, 0.1) is 0 Å². The smallest absolute Gasteiger partial charge is 0.161 e. The Hall–Kier alpha value is -1.53. The van der Waals surface area contributed by atoms with E-state index >= 15 is 0 Å². The second-order valence-electron chi connectivity index (χ2n) is 4.72. The third-order valence-corrected chi connectivity index (χ3v) is 3.30. The summed E-state index contributed by atoms with van der Waals surface area (Å²) in [5.74, 6) is 0. The molecule has 0 aliphatic carbocycles. The van der Waals surface area contributed by atoms with Crippen molar-refractivity contribution in [2.45, 2.75) is 24.7 Å². The van der Waals surface area contributed by atoms with Gasteiger partial charge in [0, 0.05) is 13.5 Å². The van der Waals surface area contributed by atoms with E-state index in [1.54, 1.807) is 0 Å². The van der Waals surface area contributed by atoms with Crippen molar-refractivity contribution in [3.63, 3.8) is 0 Å². The van der Waals surface area contributed by atoms with E-state index in [4.69, 9.17) is 15.3 Å². The lowest BCUT2D eigenvalue weighted by atomic mass is 9.99. The Balaban J connectivity index is 2.10. The molecule has 0 radical (unpaired) electrons. The Morgan fingerprint density at radius 3 is 2.60 bits per heavy atom. The Kier molecular flexibility index (Phi) is 5.03. The molecular formula is C14H18F2N2O2. The molecule has 3 unspecified atom stereocenters. The maximum Gasteiger partial charge on any atom is 0.161 e. The number of hydrogen-bond acceptors (Lipinski definition) is 4. The van der Waals surface area contributed by atoms with Gasteiger partial charge in [-0.15, -0.1) is 0 Å². The minimum absolute atomic E-state index is 0.452. The highest BCUT2D eigenvalue weighted by Gasteiger charge is 2.23. The van der Waals surface area contributed by atoms with Gasteiger partial charge in [-0.25, -0.2) is 8.78 Å². The molecule has 110 valence electrons. The number of nitrogens with two attached hydrogens (primary N) is 1. The van der Waals surface area contributed by atoms with Gasteiger partial charge < -0.3 is 15.3 Å². The van der Waals surface area contributed by atoms with Gasteiger partial charge in [-0.3, -0.25) is 0 Å². The van der Waals surface area contributed by atoms with E-state index in [0.717, 1.165) is 11.1 Å². The number of nitrogens with zero attached hydrogens (tertiary/aromatic N) is 1. The summed E-state index contributed by atoms with van der Waals surface area (Å²) < 4.78 is 30.3. The fourth-order valence-electron chi connectivity index (χ4n) is 2.19. The van der Waals surface area contributed by atoms with Crippen LogP contribution >= 0.6 is 0 Å². The summed E-state index contributed by atoms with van der Waals surface area (Å²) in [6.45, 7) is -1.21. The fraction of sp³-hybridized carbons (Fsp3) is 0.500. The van der Waals surface area contributed by atoms with Gasteiger partial charge in [0.2, 0.25) is 0 Å². The first kappa shape index (κ1) is 14.9. The molecule has 20 heavy (non-hydrogen) atoms. The molecule has 2 rings (SSSR count). The number of oxime groups is 1. The molecule has 0 fully saturated rings. The molecule has 0 saturated carbocycles. The summed E-state index contributed by atoms with van der Waals surface area (Å²) in [4.78, 5) is 4.94. The molecule has 1 aromatic carbocycles. The molecule has 0 amide bonds. The van der Waals surface area contributed by atoms with Crippen LogP contribution in [0.15, 0.2) is 29.4 Å². The van der Waals surface area contributed by atoms with Crippen molar-refractivity contribution >= 4 is 5.71 Å². The van der Waals surface area contributed by atoms with E-state index in [1.165, 1.54) is 7.11 Å². The van der Waals surface area contributed by atoms with Crippen LogP contribution in [0.25, 0.3) is 0 Å². The zero-order chi connectivity index (χ0) is 14.5. The Morgan fingerprint density at radius 2 is 2.10 bits per heavy atom. The first-order chi connectivity index (χ1) is 9.69. The van der Waals surface area contributed by atoms with Crippen molar-refractivity contribution in [1.29, 1.82) is 0 Å². The van der Waals surface area contributed by atoms with Gasteiger partial charge in [-0.05, 0) is 11.1 Å². The van der Waals surface area contributed by atoms with Gasteiger partial charge >= 0.3 is 0 Å². The molecule has 2 N–H and O–H groups in total. The van der Waals surface area contributed by atoms with Gasteiger partial charge in [-0.2, -0.15) is 0 Å². The summed E-state index contributed by atoms with van der Waals surface area (Å²) in [5.41, 5.74) is 8.03. The molecule has 1 heterocycles. The lowest BCUT2D eigenvalue weighted by molar-refractivity contribution is 0.0656. The predicted octanol–water partition coefficient (Wildman–Crippen LogP) is 2.13. The molecule has 1 aliphatic rings. The molecule has 6 heteroatoms. The second-order valence-corrected chi connectivity index (χ2v) is 4.72. The quantitative estimate of drug-likeness (QED) is 0.870. The summed E-state index contributed by atoms with van der Waals surface area (Å²) >= 11 is 0. The number of methoxy groups -OCH3 is 1. The standard InChI is InChI=1S/C14H18F2N2O2/c1-19-14(12(17)8-16)10-4-2-9(3-5-10)13-6-11(7-15)20-18-13/h2-5,11-12,14H,6-8,17H2,1H3. The lowest BCUT2D eigenvalue weighted by Gasteiger charge is -2.20. The van der Waals surface area contributed by atoms with Crippen molar-refractivity contribution in [2.24, 2.45) is 10.9 Å². The van der Waals surface area contributed by atoms with Crippen LogP contribution in [0.4, 0.5) is 8.78 Å². The molecular weight excluding hydrogens is 266 g/mol. The third kappa shape index (κ3) is 3.13. The van der Waals surface area contributed by atoms with Crippen molar-refractivity contribution in [3.05, 3.63) is 35.4 Å². The maximum atomic E-state index is 12.6. The second kappa shape index (κ2) is 6.76. The zero-order valence-electron chi connectivity index (χ0n) is 11.3. The van der Waals surface area contributed by atoms with Gasteiger partial charge in [0.1, 0.15) is 13.3 Å². The van der Waals surface area contributed by atoms with Crippen molar-refractivity contribution < 1.29 is 18.4 Å². The van der Waals surface area contributed by atoms with Crippen LogP contribution in [0.1, 0.15) is 23.7 Å². The summed E-state index contributed by atoms with van der Waals surface area (Å²) in [7, 11) is 1.49. The van der Waals surface area contributed by atoms with Gasteiger partial charge in [0.05, 0.1) is 17.9 Å². The first-order valence-electron chi connectivity index (χ1n) is 6.43. The van der Waals surface area contributed by atoms with E-state index in [2.05, 4.69) is 5.16 Å². The number of hydrogen-bond donors (Lipinski definition) is 1. The van der Waals surface area contributed by atoms with Crippen LogP contribution in [-0.4, -0.2) is 38.3 Å². The summed E-state index contributed by atoms with van der Waals surface area (Å²) in [5, 5.41) is 3.86. The molecule has 1 aromatic rings. The molecule has 0 spiro atoms. The number of rotatable bonds is 6. The molecule has 0 saturated heterocycles. The fourth-order valence-corrected chi connectivity index (χ4v) is 2.19. The topological polar surface area (TPSA) is 56.8 Å². The van der Waals surface area contributed by atoms with E-state index in [1.807, 2.05) is 24.3 Å². The van der Waals surface area contributed by atoms with Gasteiger partial charge in [0.15, 0.2) is 6.10 Å². The Labute approximate surface area is 116 Å². The minimum Gasteiger partial charge on any atom is -0.389 e. The van der Waals surface area contributed by atoms with Crippen molar-refractivity contribution in [2.75, 3.05) is 20.5 Å². The predicted molar refractivity (Wildman–Crippen MR) is 72.1 cm³/mol. The van der Waals surface area contributed by atoms with Gasteiger partial charge in [-0.1, -0.05) is 29.4 Å². The molecule has 0 aromatic heterocycles. The molecule has 0 bridgehead atoms. The van der Waals surface area contributed by atoms with Crippen LogP contribution in [-0.2, 0) is 9.57 Å². The van der Waals surface area contributed by atoms with E-state index in [9.17, 15) is 8.78 Å². The third-order valence-electron chi connectivity index (χ3n) is 3.30. The Bertz CT molecular complexity index is 465. The molecule has 3 atom stereocenters. The van der Waals surface area contributed by atoms with Crippen LogP contribution in [0.3, 0.4) is 0 Å². The highest BCUT2D eigenvalue weighted by atomic mass is 19.1. The van der Waals surface area contributed by atoms with Crippen molar-refractivity contribution in [3.8, 4) is 0 Å². The average Bonchev–Trinajstić information content (AvgIpc) is 2.97. The largest absolute Gasteiger partial charge is 0.389 e. The van der Waals surface area contributed by atoms with E-state index < -0.39 is 31.6 Å². The van der Waals surface area contributed by atoms with Crippen molar-refractivity contribution in [1.82, 2.24) is 0 Å². The van der Waals surface area contributed by atoms with Gasteiger partial charge in [0.25, 0.3) is 0 Å². The molecule has 4 nitrogen and oxygen atoms in total. The first-order valence-corrected chi connectivity index (χ1v) is 6.43. The zero-order valence-corrected chi connectivity index (χ0v) is 11.3. The van der Waals surface area contributed by atoms with Crippen LogP contribution in [0.5, 0.6) is 0 Å².